The van der Waals surface area contributed by atoms with Crippen LogP contribution >= 0.6 is 0 Å². The lowest BCUT2D eigenvalue weighted by Crippen LogP contribution is -2.48. The zero-order chi connectivity index (χ0) is 19.6. The minimum Gasteiger partial charge on any atom is -0.487 e. The lowest BCUT2D eigenvalue weighted by molar-refractivity contribution is 0.0960. The monoisotopic (exact) mass is 404 g/mol. The standard InChI is InChI=1S/C19H24N4O4S/c1-26-14-13-23-15-7-11-22(19-20-9-4-10-21-19)12-8-16(15)27-17-5-2-3-6-18(17)28(23,24)25/h2-6,9-10,15-16H,7-8,11-14H2,1H3/t15-,16-/m0/s1. The van der Waals surface area contributed by atoms with Gasteiger partial charge in [-0.05, 0) is 24.6 Å². The van der Waals surface area contributed by atoms with Gasteiger partial charge in [-0.3, -0.25) is 0 Å². The van der Waals surface area contributed by atoms with Crippen LogP contribution in [0.2, 0.25) is 0 Å². The van der Waals surface area contributed by atoms with Gasteiger partial charge in [-0.1, -0.05) is 12.1 Å². The Kier molecular flexibility index (Phi) is 5.47. The predicted molar refractivity (Wildman–Crippen MR) is 104 cm³/mol. The van der Waals surface area contributed by atoms with Gasteiger partial charge in [0, 0.05) is 45.6 Å². The van der Waals surface area contributed by atoms with E-state index in [1.807, 2.05) is 0 Å². The van der Waals surface area contributed by atoms with Crippen LogP contribution in [0, 0.1) is 0 Å². The number of hydrogen-bond donors (Lipinski definition) is 0. The third-order valence-electron chi connectivity index (χ3n) is 5.24. The van der Waals surface area contributed by atoms with Crippen molar-refractivity contribution in [1.82, 2.24) is 14.3 Å². The van der Waals surface area contributed by atoms with Crippen LogP contribution in [0.25, 0.3) is 0 Å². The van der Waals surface area contributed by atoms with E-state index in [4.69, 9.17) is 9.47 Å². The highest BCUT2D eigenvalue weighted by atomic mass is 32.2. The quantitative estimate of drug-likeness (QED) is 0.764. The van der Waals surface area contributed by atoms with E-state index in [0.29, 0.717) is 50.8 Å². The van der Waals surface area contributed by atoms with Gasteiger partial charge in [-0.15, -0.1) is 0 Å². The number of rotatable bonds is 4. The summed E-state index contributed by atoms with van der Waals surface area (Å²) in [5, 5.41) is 0. The van der Waals surface area contributed by atoms with Crippen molar-refractivity contribution in [3.63, 3.8) is 0 Å². The van der Waals surface area contributed by atoms with Gasteiger partial charge in [0.05, 0.1) is 12.6 Å². The summed E-state index contributed by atoms with van der Waals surface area (Å²) in [7, 11) is -2.10. The minimum absolute atomic E-state index is 0.224. The molecule has 0 N–H and O–H groups in total. The van der Waals surface area contributed by atoms with Gasteiger partial charge < -0.3 is 14.4 Å². The van der Waals surface area contributed by atoms with Gasteiger partial charge >= 0.3 is 0 Å². The van der Waals surface area contributed by atoms with Crippen molar-refractivity contribution in [1.29, 1.82) is 0 Å². The molecule has 0 amide bonds. The van der Waals surface area contributed by atoms with Crippen molar-refractivity contribution >= 4 is 16.0 Å². The fourth-order valence-corrected chi connectivity index (χ4v) is 5.66. The van der Waals surface area contributed by atoms with E-state index < -0.39 is 10.0 Å². The molecule has 28 heavy (non-hydrogen) atoms. The average molecular weight is 404 g/mol. The average Bonchev–Trinajstić information content (AvgIpc) is 2.96. The van der Waals surface area contributed by atoms with Gasteiger partial charge in [-0.2, -0.15) is 4.31 Å². The highest BCUT2D eigenvalue weighted by Gasteiger charge is 2.43. The topological polar surface area (TPSA) is 84.9 Å². The van der Waals surface area contributed by atoms with Crippen molar-refractivity contribution in [2.24, 2.45) is 0 Å². The summed E-state index contributed by atoms with van der Waals surface area (Å²) >= 11 is 0. The summed E-state index contributed by atoms with van der Waals surface area (Å²) in [5.74, 6) is 1.08. The molecule has 2 aliphatic rings. The Morgan fingerprint density at radius 2 is 1.89 bits per heavy atom. The number of methoxy groups -OCH3 is 1. The maximum absolute atomic E-state index is 13.4. The van der Waals surface area contributed by atoms with Gasteiger partial charge in [0.2, 0.25) is 16.0 Å². The Balaban J connectivity index is 1.69. The smallest absolute Gasteiger partial charge is 0.247 e. The highest BCUT2D eigenvalue weighted by Crippen LogP contribution is 2.36. The van der Waals surface area contributed by atoms with Crippen molar-refractivity contribution in [3.05, 3.63) is 42.7 Å². The fraction of sp³-hybridized carbons (Fsp3) is 0.474. The molecule has 8 nitrogen and oxygen atoms in total. The maximum atomic E-state index is 13.4. The van der Waals surface area contributed by atoms with Crippen LogP contribution in [0.15, 0.2) is 47.6 Å². The lowest BCUT2D eigenvalue weighted by Gasteiger charge is -2.31. The molecular formula is C19H24N4O4S. The SMILES string of the molecule is COCCN1[C@H]2CCN(c3ncccn3)CC[C@@H]2Oc2ccccc2S1(=O)=O. The molecule has 0 unspecified atom stereocenters. The summed E-state index contributed by atoms with van der Waals surface area (Å²) in [6.45, 7) is 1.98. The number of anilines is 1. The lowest BCUT2D eigenvalue weighted by atomic mass is 10.1. The number of nitrogens with zero attached hydrogens (tertiary/aromatic N) is 4. The molecule has 2 atom stereocenters. The number of sulfonamides is 1. The molecule has 2 aliphatic heterocycles. The number of ether oxygens (including phenoxy) is 2. The first-order valence-corrected chi connectivity index (χ1v) is 10.8. The summed E-state index contributed by atoms with van der Waals surface area (Å²) in [4.78, 5) is 11.0. The highest BCUT2D eigenvalue weighted by molar-refractivity contribution is 7.89. The summed E-state index contributed by atoms with van der Waals surface area (Å²) < 4.78 is 39.8. The summed E-state index contributed by atoms with van der Waals surface area (Å²) in [5.41, 5.74) is 0. The van der Waals surface area contributed by atoms with Crippen molar-refractivity contribution in [2.75, 3.05) is 38.3 Å². The molecule has 150 valence electrons. The first kappa shape index (κ1) is 19.1. The van der Waals surface area contributed by atoms with E-state index in [9.17, 15) is 8.42 Å². The third kappa shape index (κ3) is 3.57. The van der Waals surface area contributed by atoms with Crippen LogP contribution in [0.5, 0.6) is 5.75 Å². The molecule has 1 aromatic carbocycles. The Labute approximate surface area is 165 Å². The number of fused-ring (bicyclic) bond motifs is 2. The maximum Gasteiger partial charge on any atom is 0.247 e. The van der Waals surface area contributed by atoms with Crippen LogP contribution in [0.4, 0.5) is 5.95 Å². The van der Waals surface area contributed by atoms with E-state index >= 15 is 0 Å². The van der Waals surface area contributed by atoms with Crippen LogP contribution in [0.3, 0.4) is 0 Å². The third-order valence-corrected chi connectivity index (χ3v) is 7.21. The van der Waals surface area contributed by atoms with Gasteiger partial charge in [0.25, 0.3) is 0 Å². The van der Waals surface area contributed by atoms with Crippen molar-refractivity contribution in [3.8, 4) is 5.75 Å². The minimum atomic E-state index is -3.68. The number of aromatic nitrogens is 2. The Hall–Kier alpha value is -2.23. The summed E-state index contributed by atoms with van der Waals surface area (Å²) in [6.07, 6.45) is 4.49. The van der Waals surface area contributed by atoms with E-state index in [1.165, 1.54) is 0 Å². The first-order valence-electron chi connectivity index (χ1n) is 9.39. The predicted octanol–water partition coefficient (Wildman–Crippen LogP) is 1.54. The van der Waals surface area contributed by atoms with Crippen molar-refractivity contribution in [2.45, 2.75) is 29.9 Å². The zero-order valence-electron chi connectivity index (χ0n) is 15.8. The van der Waals surface area contributed by atoms with Crippen LogP contribution in [-0.4, -0.2) is 68.2 Å². The number of hydrogen-bond acceptors (Lipinski definition) is 7. The molecule has 0 bridgehead atoms. The molecule has 1 aromatic heterocycles. The van der Waals surface area contributed by atoms with E-state index in [0.717, 1.165) is 0 Å². The molecule has 0 spiro atoms. The normalized spacial score (nSPS) is 24.4. The molecule has 9 heteroatoms. The fourth-order valence-electron chi connectivity index (χ4n) is 3.88. The van der Waals surface area contributed by atoms with Crippen LogP contribution < -0.4 is 9.64 Å². The van der Waals surface area contributed by atoms with Gasteiger partial charge in [0.1, 0.15) is 16.7 Å². The first-order chi connectivity index (χ1) is 13.6. The largest absolute Gasteiger partial charge is 0.487 e. The molecule has 0 radical (unpaired) electrons. The number of benzene rings is 1. The number of para-hydroxylation sites is 1. The zero-order valence-corrected chi connectivity index (χ0v) is 16.6. The van der Waals surface area contributed by atoms with Crippen LogP contribution in [-0.2, 0) is 14.8 Å². The Morgan fingerprint density at radius 1 is 1.14 bits per heavy atom. The van der Waals surface area contributed by atoms with Crippen molar-refractivity contribution < 1.29 is 17.9 Å². The van der Waals surface area contributed by atoms with Gasteiger partial charge in [-0.25, -0.2) is 18.4 Å². The molecular weight excluding hydrogens is 380 g/mol. The summed E-state index contributed by atoms with van der Waals surface area (Å²) in [6, 6.07) is 8.37. The Bertz CT molecular complexity index is 909. The molecule has 4 rings (SSSR count). The Morgan fingerprint density at radius 3 is 2.68 bits per heavy atom. The van der Waals surface area contributed by atoms with Gasteiger partial charge in [0.15, 0.2) is 0 Å². The second-order valence-electron chi connectivity index (χ2n) is 6.89. The van der Waals surface area contributed by atoms with Crippen LogP contribution in [0.1, 0.15) is 12.8 Å². The molecule has 0 saturated carbocycles. The molecule has 1 saturated heterocycles. The molecule has 3 heterocycles. The molecule has 1 fully saturated rings. The molecule has 2 aromatic rings. The molecule has 0 aliphatic carbocycles. The van der Waals surface area contributed by atoms with E-state index in [-0.39, 0.29) is 17.0 Å². The van der Waals surface area contributed by atoms with E-state index in [1.54, 1.807) is 54.1 Å². The van der Waals surface area contributed by atoms with E-state index in [2.05, 4.69) is 14.9 Å². The second-order valence-corrected chi connectivity index (χ2v) is 8.75. The second kappa shape index (κ2) is 8.02.